The molecule has 4 nitrogen and oxygen atoms in total. The van der Waals surface area contributed by atoms with Gasteiger partial charge in [-0.05, 0) is 24.3 Å². The molecule has 0 aliphatic rings. The Morgan fingerprint density at radius 3 is 2.79 bits per heavy atom. The Morgan fingerprint density at radius 1 is 1.36 bits per heavy atom. The van der Waals surface area contributed by atoms with Crippen LogP contribution in [0.4, 0.5) is 0 Å². The molecule has 70 valence electrons. The fraction of sp³-hybridized carbons (Fsp3) is 0. The Kier molecular flexibility index (Phi) is 1.81. The Labute approximate surface area is 78.8 Å². The summed E-state index contributed by atoms with van der Waals surface area (Å²) in [6, 6.07) is 5.94. The van der Waals surface area contributed by atoms with E-state index in [-0.39, 0.29) is 11.3 Å². The molecule has 0 aliphatic heterocycles. The molecule has 0 amide bonds. The largest absolute Gasteiger partial charge is 0.478 e. The molecule has 2 rings (SSSR count). The minimum Gasteiger partial charge on any atom is -0.478 e. The fourth-order valence-corrected chi connectivity index (χ4v) is 1.26. The van der Waals surface area contributed by atoms with Crippen LogP contribution in [0.15, 0.2) is 28.7 Å². The molecule has 1 aromatic carbocycles. The summed E-state index contributed by atoms with van der Waals surface area (Å²) in [5, 5.41) is 9.33. The third-order valence-electron chi connectivity index (χ3n) is 1.90. The molecule has 0 unspecified atom stereocenters. The zero-order chi connectivity index (χ0) is 10.1. The van der Waals surface area contributed by atoms with Crippen LogP contribution in [-0.2, 0) is 0 Å². The van der Waals surface area contributed by atoms with Crippen LogP contribution in [0.1, 0.15) is 20.9 Å². The van der Waals surface area contributed by atoms with Crippen LogP contribution in [0.25, 0.3) is 11.0 Å². The SMILES string of the molecule is O=Cc1cc2cc(C(=O)O)ccc2o1. The van der Waals surface area contributed by atoms with Crippen molar-refractivity contribution in [3.63, 3.8) is 0 Å². The van der Waals surface area contributed by atoms with Gasteiger partial charge in [-0.25, -0.2) is 4.79 Å². The number of hydrogen-bond donors (Lipinski definition) is 1. The number of carbonyl (C=O) groups is 2. The summed E-state index contributed by atoms with van der Waals surface area (Å²) < 4.78 is 5.09. The maximum absolute atomic E-state index is 10.6. The van der Waals surface area contributed by atoms with Gasteiger partial charge in [0.05, 0.1) is 5.56 Å². The Bertz CT molecular complexity index is 510. The van der Waals surface area contributed by atoms with Crippen molar-refractivity contribution in [3.05, 3.63) is 35.6 Å². The molecular formula is C10H6O4. The van der Waals surface area contributed by atoms with E-state index in [0.29, 0.717) is 17.3 Å². The van der Waals surface area contributed by atoms with E-state index < -0.39 is 5.97 Å². The van der Waals surface area contributed by atoms with Gasteiger partial charge in [-0.2, -0.15) is 0 Å². The molecule has 4 heteroatoms. The number of benzene rings is 1. The number of furan rings is 1. The second kappa shape index (κ2) is 2.99. The van der Waals surface area contributed by atoms with Crippen molar-refractivity contribution in [3.8, 4) is 0 Å². The highest BCUT2D eigenvalue weighted by Gasteiger charge is 2.07. The normalized spacial score (nSPS) is 10.3. The average molecular weight is 190 g/mol. The lowest BCUT2D eigenvalue weighted by Gasteiger charge is -1.92. The number of carbonyl (C=O) groups excluding carboxylic acids is 1. The zero-order valence-electron chi connectivity index (χ0n) is 7.06. The lowest BCUT2D eigenvalue weighted by atomic mass is 10.1. The van der Waals surface area contributed by atoms with Crippen LogP contribution in [0.2, 0.25) is 0 Å². The summed E-state index contributed by atoms with van der Waals surface area (Å²) >= 11 is 0. The van der Waals surface area contributed by atoms with Gasteiger partial charge in [0.15, 0.2) is 12.0 Å². The standard InChI is InChI=1S/C10H6O4/c11-5-8-4-7-3-6(10(12)13)1-2-9(7)14-8/h1-5H,(H,12,13). The van der Waals surface area contributed by atoms with E-state index in [4.69, 9.17) is 9.52 Å². The third kappa shape index (κ3) is 1.26. The first-order valence-corrected chi connectivity index (χ1v) is 3.93. The average Bonchev–Trinajstić information content (AvgIpc) is 2.58. The molecule has 0 bridgehead atoms. The smallest absolute Gasteiger partial charge is 0.335 e. The lowest BCUT2D eigenvalue weighted by molar-refractivity contribution is 0.0697. The number of aromatic carboxylic acids is 1. The second-order valence-corrected chi connectivity index (χ2v) is 2.82. The van der Waals surface area contributed by atoms with Gasteiger partial charge < -0.3 is 9.52 Å². The molecule has 1 aromatic heterocycles. The first kappa shape index (κ1) is 8.50. The number of carboxylic acid groups (broad SMARTS) is 1. The second-order valence-electron chi connectivity index (χ2n) is 2.82. The van der Waals surface area contributed by atoms with Gasteiger partial charge in [0.2, 0.25) is 0 Å². The van der Waals surface area contributed by atoms with E-state index >= 15 is 0 Å². The predicted molar refractivity (Wildman–Crippen MR) is 48.6 cm³/mol. The monoisotopic (exact) mass is 190 g/mol. The number of rotatable bonds is 2. The molecule has 1 heterocycles. The van der Waals surface area contributed by atoms with Crippen molar-refractivity contribution < 1.29 is 19.1 Å². The molecule has 0 spiro atoms. The molecule has 14 heavy (non-hydrogen) atoms. The molecule has 1 N–H and O–H groups in total. The van der Waals surface area contributed by atoms with Crippen LogP contribution in [0.3, 0.4) is 0 Å². The fourth-order valence-electron chi connectivity index (χ4n) is 1.26. The van der Waals surface area contributed by atoms with E-state index in [2.05, 4.69) is 0 Å². The van der Waals surface area contributed by atoms with E-state index in [1.54, 1.807) is 0 Å². The van der Waals surface area contributed by atoms with Crippen LogP contribution in [0, 0.1) is 0 Å². The highest BCUT2D eigenvalue weighted by Crippen LogP contribution is 2.19. The van der Waals surface area contributed by atoms with Gasteiger partial charge in [0, 0.05) is 5.39 Å². The van der Waals surface area contributed by atoms with Gasteiger partial charge in [0.1, 0.15) is 5.58 Å². The summed E-state index contributed by atoms with van der Waals surface area (Å²) in [6.45, 7) is 0. The van der Waals surface area contributed by atoms with Crippen LogP contribution in [0.5, 0.6) is 0 Å². The molecular weight excluding hydrogens is 184 g/mol. The number of fused-ring (bicyclic) bond motifs is 1. The summed E-state index contributed by atoms with van der Waals surface area (Å²) in [7, 11) is 0. The van der Waals surface area contributed by atoms with E-state index in [1.807, 2.05) is 0 Å². The Hall–Kier alpha value is -2.10. The maximum atomic E-state index is 10.6. The highest BCUT2D eigenvalue weighted by atomic mass is 16.4. The first-order chi connectivity index (χ1) is 6.70. The minimum absolute atomic E-state index is 0.177. The molecule has 0 atom stereocenters. The van der Waals surface area contributed by atoms with Crippen molar-refractivity contribution in [2.45, 2.75) is 0 Å². The van der Waals surface area contributed by atoms with Crippen LogP contribution < -0.4 is 0 Å². The minimum atomic E-state index is -0.999. The van der Waals surface area contributed by atoms with E-state index in [1.165, 1.54) is 24.3 Å². The molecule has 0 saturated carbocycles. The summed E-state index contributed by atoms with van der Waals surface area (Å²) in [5.41, 5.74) is 0.688. The zero-order valence-corrected chi connectivity index (χ0v) is 7.06. The molecule has 2 aromatic rings. The van der Waals surface area contributed by atoms with Gasteiger partial charge in [-0.3, -0.25) is 4.79 Å². The number of hydrogen-bond acceptors (Lipinski definition) is 3. The summed E-state index contributed by atoms with van der Waals surface area (Å²) in [4.78, 5) is 21.0. The number of carboxylic acids is 1. The first-order valence-electron chi connectivity index (χ1n) is 3.93. The molecule has 0 radical (unpaired) electrons. The third-order valence-corrected chi connectivity index (χ3v) is 1.90. The van der Waals surface area contributed by atoms with Crippen molar-refractivity contribution in [2.75, 3.05) is 0 Å². The number of aldehydes is 1. The lowest BCUT2D eigenvalue weighted by Crippen LogP contribution is -1.94. The molecule has 0 fully saturated rings. The van der Waals surface area contributed by atoms with Crippen LogP contribution in [-0.4, -0.2) is 17.4 Å². The Balaban J connectivity index is 2.65. The van der Waals surface area contributed by atoms with Crippen LogP contribution >= 0.6 is 0 Å². The van der Waals surface area contributed by atoms with Gasteiger partial charge in [0.25, 0.3) is 0 Å². The molecule has 0 saturated heterocycles. The van der Waals surface area contributed by atoms with Crippen molar-refractivity contribution >= 4 is 23.2 Å². The van der Waals surface area contributed by atoms with Gasteiger partial charge >= 0.3 is 5.97 Å². The topological polar surface area (TPSA) is 67.5 Å². The summed E-state index contributed by atoms with van der Waals surface area (Å²) in [6.07, 6.45) is 0.584. The van der Waals surface area contributed by atoms with Gasteiger partial charge in [-0.1, -0.05) is 0 Å². The van der Waals surface area contributed by atoms with E-state index in [0.717, 1.165) is 0 Å². The quantitative estimate of drug-likeness (QED) is 0.735. The predicted octanol–water partition coefficient (Wildman–Crippen LogP) is 1.94. The van der Waals surface area contributed by atoms with Crippen molar-refractivity contribution in [1.29, 1.82) is 0 Å². The van der Waals surface area contributed by atoms with E-state index in [9.17, 15) is 9.59 Å². The van der Waals surface area contributed by atoms with Crippen molar-refractivity contribution in [2.24, 2.45) is 0 Å². The highest BCUT2D eigenvalue weighted by molar-refractivity contribution is 5.94. The van der Waals surface area contributed by atoms with Gasteiger partial charge in [-0.15, -0.1) is 0 Å². The summed E-state index contributed by atoms with van der Waals surface area (Å²) in [5.74, 6) is -0.803. The Morgan fingerprint density at radius 2 is 2.14 bits per heavy atom. The van der Waals surface area contributed by atoms with Crippen molar-refractivity contribution in [1.82, 2.24) is 0 Å². The maximum Gasteiger partial charge on any atom is 0.335 e. The molecule has 0 aliphatic carbocycles.